The Hall–Kier alpha value is -1.41. The lowest BCUT2D eigenvalue weighted by Gasteiger charge is -2.08. The molecule has 0 amide bonds. The summed E-state index contributed by atoms with van der Waals surface area (Å²) in [4.78, 5) is 8.98. The average molecular weight is 259 g/mol. The van der Waals surface area contributed by atoms with Gasteiger partial charge in [-0.15, -0.1) is 0 Å². The van der Waals surface area contributed by atoms with E-state index in [-0.39, 0.29) is 0 Å². The van der Waals surface area contributed by atoms with E-state index >= 15 is 0 Å². The van der Waals surface area contributed by atoms with Crippen molar-refractivity contribution < 1.29 is 0 Å². The predicted molar refractivity (Wildman–Crippen MR) is 73.9 cm³/mol. The molecule has 1 heterocycles. The fourth-order valence-electron chi connectivity index (χ4n) is 2.20. The van der Waals surface area contributed by atoms with E-state index in [9.17, 15) is 0 Å². The molecule has 0 N–H and O–H groups in total. The van der Waals surface area contributed by atoms with Gasteiger partial charge >= 0.3 is 0 Å². The van der Waals surface area contributed by atoms with E-state index in [1.54, 1.807) is 0 Å². The fraction of sp³-hybridized carbons (Fsp3) is 0.333. The maximum Gasteiger partial charge on any atom is 0.133 e. The van der Waals surface area contributed by atoms with Gasteiger partial charge in [-0.2, -0.15) is 0 Å². The molecular formula is C15H15ClN2. The lowest BCUT2D eigenvalue weighted by atomic mass is 10.0. The lowest BCUT2D eigenvalue weighted by Crippen LogP contribution is -1.96. The highest BCUT2D eigenvalue weighted by Gasteiger charge is 2.27. The highest BCUT2D eigenvalue weighted by molar-refractivity contribution is 6.29. The Morgan fingerprint density at radius 1 is 1.11 bits per heavy atom. The van der Waals surface area contributed by atoms with Crippen LogP contribution < -0.4 is 0 Å². The van der Waals surface area contributed by atoms with Gasteiger partial charge in [0, 0.05) is 17.5 Å². The van der Waals surface area contributed by atoms with E-state index in [0.29, 0.717) is 11.1 Å². The third-order valence-corrected chi connectivity index (χ3v) is 3.51. The molecule has 1 aromatic carbocycles. The molecule has 1 aliphatic rings. The van der Waals surface area contributed by atoms with Gasteiger partial charge in [0.1, 0.15) is 11.0 Å². The SMILES string of the molecule is Cc1ccc(-c2cc(Cl)nc(C3CC3)n2)c(C)c1. The minimum Gasteiger partial charge on any atom is -0.232 e. The maximum absolute atomic E-state index is 6.10. The van der Waals surface area contributed by atoms with Crippen LogP contribution in [0.3, 0.4) is 0 Å². The second-order valence-electron chi connectivity index (χ2n) is 5.03. The van der Waals surface area contributed by atoms with Crippen LogP contribution in [-0.2, 0) is 0 Å². The standard InChI is InChI=1S/C15H15ClN2/c1-9-3-6-12(10(2)7-9)13-8-14(16)18-15(17-13)11-4-5-11/h3,6-8,11H,4-5H2,1-2H3. The Bertz CT molecular complexity index is 603. The first kappa shape index (κ1) is 11.7. The molecule has 3 rings (SSSR count). The van der Waals surface area contributed by atoms with Gasteiger partial charge in [-0.05, 0) is 32.3 Å². The van der Waals surface area contributed by atoms with Gasteiger partial charge in [0.2, 0.25) is 0 Å². The maximum atomic E-state index is 6.10. The summed E-state index contributed by atoms with van der Waals surface area (Å²) in [5, 5.41) is 0.543. The molecule has 0 saturated heterocycles. The van der Waals surface area contributed by atoms with Crippen LogP contribution in [0.25, 0.3) is 11.3 Å². The highest BCUT2D eigenvalue weighted by Crippen LogP contribution is 2.39. The topological polar surface area (TPSA) is 25.8 Å². The number of aromatic nitrogens is 2. The van der Waals surface area contributed by atoms with Crippen LogP contribution in [-0.4, -0.2) is 9.97 Å². The highest BCUT2D eigenvalue weighted by atomic mass is 35.5. The largest absolute Gasteiger partial charge is 0.232 e. The summed E-state index contributed by atoms with van der Waals surface area (Å²) in [5.74, 6) is 1.42. The van der Waals surface area contributed by atoms with Crippen molar-refractivity contribution >= 4 is 11.6 Å². The van der Waals surface area contributed by atoms with Gasteiger partial charge in [0.05, 0.1) is 5.69 Å². The van der Waals surface area contributed by atoms with E-state index in [1.165, 1.54) is 24.0 Å². The Labute approximate surface area is 112 Å². The number of hydrogen-bond donors (Lipinski definition) is 0. The van der Waals surface area contributed by atoms with Crippen LogP contribution in [0.4, 0.5) is 0 Å². The van der Waals surface area contributed by atoms with Crippen molar-refractivity contribution in [3.8, 4) is 11.3 Å². The predicted octanol–water partition coefficient (Wildman–Crippen LogP) is 4.29. The quantitative estimate of drug-likeness (QED) is 0.751. The van der Waals surface area contributed by atoms with Gasteiger partial charge in [0.15, 0.2) is 0 Å². The third kappa shape index (κ3) is 2.25. The number of hydrogen-bond acceptors (Lipinski definition) is 2. The molecule has 0 spiro atoms. The summed E-state index contributed by atoms with van der Waals surface area (Å²) in [5.41, 5.74) is 4.58. The smallest absolute Gasteiger partial charge is 0.133 e. The molecule has 0 bridgehead atoms. The number of nitrogens with zero attached hydrogens (tertiary/aromatic N) is 2. The van der Waals surface area contributed by atoms with E-state index in [2.05, 4.69) is 42.0 Å². The molecule has 0 unspecified atom stereocenters. The summed E-state index contributed by atoms with van der Waals surface area (Å²) in [7, 11) is 0. The molecule has 92 valence electrons. The van der Waals surface area contributed by atoms with Gasteiger partial charge in [-0.1, -0.05) is 35.4 Å². The fourth-order valence-corrected chi connectivity index (χ4v) is 2.39. The molecule has 1 fully saturated rings. The molecule has 2 aromatic rings. The number of benzene rings is 1. The molecule has 18 heavy (non-hydrogen) atoms. The molecule has 0 aliphatic heterocycles. The first-order chi connectivity index (χ1) is 8.63. The van der Waals surface area contributed by atoms with E-state index < -0.39 is 0 Å². The molecule has 1 aromatic heterocycles. The van der Waals surface area contributed by atoms with Crippen LogP contribution in [0.15, 0.2) is 24.3 Å². The molecule has 3 heteroatoms. The van der Waals surface area contributed by atoms with Crippen LogP contribution in [0.5, 0.6) is 0 Å². The zero-order valence-corrected chi connectivity index (χ0v) is 11.3. The van der Waals surface area contributed by atoms with Crippen molar-refractivity contribution in [3.63, 3.8) is 0 Å². The minimum absolute atomic E-state index is 0.521. The Balaban J connectivity index is 2.10. The summed E-state index contributed by atoms with van der Waals surface area (Å²) in [6, 6.07) is 8.24. The minimum atomic E-state index is 0.521. The lowest BCUT2D eigenvalue weighted by molar-refractivity contribution is 0.930. The van der Waals surface area contributed by atoms with Crippen molar-refractivity contribution in [1.82, 2.24) is 9.97 Å². The normalized spacial score (nSPS) is 14.8. The number of aryl methyl sites for hydroxylation is 2. The van der Waals surface area contributed by atoms with Gasteiger partial charge < -0.3 is 0 Å². The van der Waals surface area contributed by atoms with Crippen molar-refractivity contribution in [3.05, 3.63) is 46.4 Å². The Morgan fingerprint density at radius 2 is 1.89 bits per heavy atom. The van der Waals surface area contributed by atoms with Crippen LogP contribution in [0.2, 0.25) is 5.15 Å². The number of halogens is 1. The third-order valence-electron chi connectivity index (χ3n) is 3.31. The van der Waals surface area contributed by atoms with Crippen LogP contribution >= 0.6 is 11.6 Å². The van der Waals surface area contributed by atoms with E-state index in [4.69, 9.17) is 11.6 Å². The first-order valence-electron chi connectivity index (χ1n) is 6.25. The van der Waals surface area contributed by atoms with Crippen LogP contribution in [0, 0.1) is 13.8 Å². The molecular weight excluding hydrogens is 244 g/mol. The zero-order valence-electron chi connectivity index (χ0n) is 10.6. The molecule has 0 radical (unpaired) electrons. The van der Waals surface area contributed by atoms with Crippen LogP contribution in [0.1, 0.15) is 35.7 Å². The average Bonchev–Trinajstić information content (AvgIpc) is 3.11. The molecule has 2 nitrogen and oxygen atoms in total. The zero-order chi connectivity index (χ0) is 12.7. The Morgan fingerprint density at radius 3 is 2.56 bits per heavy atom. The van der Waals surface area contributed by atoms with Gasteiger partial charge in [0.25, 0.3) is 0 Å². The summed E-state index contributed by atoms with van der Waals surface area (Å²) in [6.07, 6.45) is 2.37. The van der Waals surface area contributed by atoms with Crippen molar-refractivity contribution in [2.24, 2.45) is 0 Å². The molecule has 1 saturated carbocycles. The summed E-state index contributed by atoms with van der Waals surface area (Å²) < 4.78 is 0. The number of rotatable bonds is 2. The second kappa shape index (κ2) is 4.36. The Kier molecular flexibility index (Phi) is 2.83. The van der Waals surface area contributed by atoms with Crippen molar-refractivity contribution in [2.45, 2.75) is 32.6 Å². The summed E-state index contributed by atoms with van der Waals surface area (Å²) in [6.45, 7) is 4.20. The molecule has 1 aliphatic carbocycles. The first-order valence-corrected chi connectivity index (χ1v) is 6.63. The molecule has 0 atom stereocenters. The van der Waals surface area contributed by atoms with Crippen molar-refractivity contribution in [1.29, 1.82) is 0 Å². The van der Waals surface area contributed by atoms with Gasteiger partial charge in [-0.25, -0.2) is 9.97 Å². The summed E-state index contributed by atoms with van der Waals surface area (Å²) >= 11 is 6.10. The van der Waals surface area contributed by atoms with E-state index in [0.717, 1.165) is 17.1 Å². The second-order valence-corrected chi connectivity index (χ2v) is 5.41. The van der Waals surface area contributed by atoms with E-state index in [1.807, 2.05) is 6.07 Å². The monoisotopic (exact) mass is 258 g/mol. The van der Waals surface area contributed by atoms with Crippen molar-refractivity contribution in [2.75, 3.05) is 0 Å². The van der Waals surface area contributed by atoms with Gasteiger partial charge in [-0.3, -0.25) is 0 Å².